The number of rotatable bonds is 4. The van der Waals surface area contributed by atoms with Crippen LogP contribution in [0.2, 0.25) is 0 Å². The Balaban J connectivity index is 1.73. The Bertz CT molecular complexity index is 460. The predicted octanol–water partition coefficient (Wildman–Crippen LogP) is 2.72. The summed E-state index contributed by atoms with van der Waals surface area (Å²) >= 11 is 0. The van der Waals surface area contributed by atoms with Gasteiger partial charge in [-0.25, -0.2) is 0 Å². The van der Waals surface area contributed by atoms with Crippen molar-refractivity contribution in [1.29, 1.82) is 0 Å². The van der Waals surface area contributed by atoms with E-state index in [4.69, 9.17) is 0 Å². The summed E-state index contributed by atoms with van der Waals surface area (Å²) in [5.74, 6) is 0.852. The Morgan fingerprint density at radius 2 is 2.05 bits per heavy atom. The highest BCUT2D eigenvalue weighted by Crippen LogP contribution is 2.33. The van der Waals surface area contributed by atoms with Crippen LogP contribution in [-0.2, 0) is 6.54 Å². The van der Waals surface area contributed by atoms with Crippen molar-refractivity contribution in [3.05, 3.63) is 29.8 Å². The van der Waals surface area contributed by atoms with Gasteiger partial charge in [-0.15, -0.1) is 0 Å². The van der Waals surface area contributed by atoms with E-state index in [1.807, 2.05) is 0 Å². The smallest absolute Gasteiger partial charge is 0.0411 e. The van der Waals surface area contributed by atoms with Crippen LogP contribution in [0.1, 0.15) is 31.7 Å². The van der Waals surface area contributed by atoms with Crippen molar-refractivity contribution in [2.45, 2.75) is 38.8 Å². The number of piperidine rings is 2. The van der Waals surface area contributed by atoms with Gasteiger partial charge in [-0.1, -0.05) is 25.1 Å². The molecule has 0 aliphatic carbocycles. The topological polar surface area (TPSA) is 18.5 Å². The minimum atomic E-state index is 0.816. The van der Waals surface area contributed by atoms with Crippen LogP contribution in [0.25, 0.3) is 0 Å². The van der Waals surface area contributed by atoms with Crippen LogP contribution in [0.15, 0.2) is 24.3 Å². The van der Waals surface area contributed by atoms with Gasteiger partial charge in [-0.2, -0.15) is 0 Å². The third kappa shape index (κ3) is 3.24. The summed E-state index contributed by atoms with van der Waals surface area (Å²) in [6, 6.07) is 9.74. The number of hydrogen-bond donors (Lipinski definition) is 1. The number of nitrogens with one attached hydrogen (secondary N) is 1. The Morgan fingerprint density at radius 1 is 1.19 bits per heavy atom. The van der Waals surface area contributed by atoms with Crippen molar-refractivity contribution in [3.8, 4) is 0 Å². The average molecular weight is 287 g/mol. The maximum absolute atomic E-state index is 3.47. The third-order valence-electron chi connectivity index (χ3n) is 5.24. The van der Waals surface area contributed by atoms with Gasteiger partial charge in [-0.3, -0.25) is 0 Å². The lowest BCUT2D eigenvalue weighted by Gasteiger charge is -2.47. The zero-order valence-electron chi connectivity index (χ0n) is 13.5. The molecule has 2 aliphatic rings. The number of para-hydroxylation sites is 1. The fraction of sp³-hybridized carbons (Fsp3) is 0.667. The fourth-order valence-electron chi connectivity index (χ4n) is 4.10. The standard InChI is InChI=1S/C18H29N3/c1-3-19-13-15-7-4-5-9-18(15)21-12-10-17-16(14-21)8-6-11-20(17)2/h4-5,7,9,16-17,19H,3,6,8,10-14H2,1-2H3. The van der Waals surface area contributed by atoms with Gasteiger partial charge in [0.2, 0.25) is 0 Å². The second-order valence-corrected chi connectivity index (χ2v) is 6.59. The second kappa shape index (κ2) is 6.80. The van der Waals surface area contributed by atoms with Crippen LogP contribution >= 0.6 is 0 Å². The molecule has 3 nitrogen and oxygen atoms in total. The number of benzene rings is 1. The molecule has 1 N–H and O–H groups in total. The first-order valence-corrected chi connectivity index (χ1v) is 8.53. The molecule has 0 radical (unpaired) electrons. The molecule has 1 aromatic carbocycles. The Kier molecular flexibility index (Phi) is 4.81. The zero-order valence-corrected chi connectivity index (χ0v) is 13.5. The molecule has 0 saturated carbocycles. The van der Waals surface area contributed by atoms with Gasteiger partial charge >= 0.3 is 0 Å². The normalized spacial score (nSPS) is 26.7. The summed E-state index contributed by atoms with van der Waals surface area (Å²) in [5, 5.41) is 3.47. The maximum atomic E-state index is 3.47. The molecule has 2 atom stereocenters. The minimum absolute atomic E-state index is 0.816. The molecule has 0 aromatic heterocycles. The predicted molar refractivity (Wildman–Crippen MR) is 89.8 cm³/mol. The number of likely N-dealkylation sites (tertiary alicyclic amines) is 1. The van der Waals surface area contributed by atoms with Crippen LogP contribution in [0.4, 0.5) is 5.69 Å². The van der Waals surface area contributed by atoms with E-state index in [1.165, 1.54) is 50.1 Å². The van der Waals surface area contributed by atoms with Crippen molar-refractivity contribution < 1.29 is 0 Å². The van der Waals surface area contributed by atoms with E-state index in [2.05, 4.69) is 53.4 Å². The highest BCUT2D eigenvalue weighted by atomic mass is 15.2. The van der Waals surface area contributed by atoms with E-state index < -0.39 is 0 Å². The monoisotopic (exact) mass is 287 g/mol. The molecule has 21 heavy (non-hydrogen) atoms. The number of nitrogens with zero attached hydrogens (tertiary/aromatic N) is 2. The van der Waals surface area contributed by atoms with Crippen LogP contribution in [0, 0.1) is 5.92 Å². The van der Waals surface area contributed by atoms with Gasteiger partial charge in [0.15, 0.2) is 0 Å². The molecule has 3 heteroatoms. The van der Waals surface area contributed by atoms with E-state index in [1.54, 1.807) is 0 Å². The van der Waals surface area contributed by atoms with Crippen LogP contribution < -0.4 is 10.2 Å². The molecule has 2 aliphatic heterocycles. The van der Waals surface area contributed by atoms with Crippen molar-refractivity contribution in [2.24, 2.45) is 5.92 Å². The van der Waals surface area contributed by atoms with E-state index in [9.17, 15) is 0 Å². The summed E-state index contributed by atoms with van der Waals surface area (Å²) in [5.41, 5.74) is 2.90. The van der Waals surface area contributed by atoms with E-state index in [-0.39, 0.29) is 0 Å². The second-order valence-electron chi connectivity index (χ2n) is 6.59. The fourth-order valence-corrected chi connectivity index (χ4v) is 4.10. The Hall–Kier alpha value is -1.06. The summed E-state index contributed by atoms with van der Waals surface area (Å²) in [6.45, 7) is 7.91. The lowest BCUT2D eigenvalue weighted by atomic mass is 9.84. The van der Waals surface area contributed by atoms with Crippen LogP contribution in [-0.4, -0.2) is 44.2 Å². The highest BCUT2D eigenvalue weighted by molar-refractivity contribution is 5.54. The molecule has 1 aromatic rings. The molecular formula is C18H29N3. The molecule has 2 unspecified atom stereocenters. The number of anilines is 1. The van der Waals surface area contributed by atoms with Crippen molar-refractivity contribution >= 4 is 5.69 Å². The molecule has 3 rings (SSSR count). The lowest BCUT2D eigenvalue weighted by molar-refractivity contribution is 0.102. The average Bonchev–Trinajstić information content (AvgIpc) is 2.53. The molecule has 116 valence electrons. The minimum Gasteiger partial charge on any atom is -0.371 e. The van der Waals surface area contributed by atoms with Crippen molar-refractivity contribution in [1.82, 2.24) is 10.2 Å². The number of hydrogen-bond acceptors (Lipinski definition) is 3. The van der Waals surface area contributed by atoms with Gasteiger partial charge in [0.1, 0.15) is 0 Å². The van der Waals surface area contributed by atoms with Gasteiger partial charge in [0.05, 0.1) is 0 Å². The Labute approximate surface area is 129 Å². The molecule has 0 amide bonds. The third-order valence-corrected chi connectivity index (χ3v) is 5.24. The highest BCUT2D eigenvalue weighted by Gasteiger charge is 2.34. The number of fused-ring (bicyclic) bond motifs is 1. The van der Waals surface area contributed by atoms with Gasteiger partial charge in [0, 0.05) is 31.4 Å². The van der Waals surface area contributed by atoms with Crippen molar-refractivity contribution in [2.75, 3.05) is 38.1 Å². The molecule has 2 saturated heterocycles. The maximum Gasteiger partial charge on any atom is 0.0411 e. The summed E-state index contributed by atoms with van der Waals surface area (Å²) in [6.07, 6.45) is 4.09. The van der Waals surface area contributed by atoms with E-state index in [0.717, 1.165) is 25.0 Å². The Morgan fingerprint density at radius 3 is 2.90 bits per heavy atom. The lowest BCUT2D eigenvalue weighted by Crippen LogP contribution is -2.52. The van der Waals surface area contributed by atoms with Gasteiger partial charge < -0.3 is 15.1 Å². The first-order valence-electron chi connectivity index (χ1n) is 8.53. The zero-order chi connectivity index (χ0) is 14.7. The molecule has 2 fully saturated rings. The molecular weight excluding hydrogens is 258 g/mol. The summed E-state index contributed by atoms with van der Waals surface area (Å²) in [7, 11) is 2.31. The van der Waals surface area contributed by atoms with E-state index >= 15 is 0 Å². The first-order chi connectivity index (χ1) is 10.3. The van der Waals surface area contributed by atoms with Crippen LogP contribution in [0.5, 0.6) is 0 Å². The van der Waals surface area contributed by atoms with E-state index in [0.29, 0.717) is 0 Å². The summed E-state index contributed by atoms with van der Waals surface area (Å²) < 4.78 is 0. The van der Waals surface area contributed by atoms with Crippen LogP contribution in [0.3, 0.4) is 0 Å². The summed E-state index contributed by atoms with van der Waals surface area (Å²) in [4.78, 5) is 5.23. The van der Waals surface area contributed by atoms with Gasteiger partial charge in [0.25, 0.3) is 0 Å². The largest absolute Gasteiger partial charge is 0.371 e. The van der Waals surface area contributed by atoms with Crippen molar-refractivity contribution in [3.63, 3.8) is 0 Å². The molecule has 0 spiro atoms. The SMILES string of the molecule is CCNCc1ccccc1N1CCC2C(CCCN2C)C1. The first kappa shape index (κ1) is 14.9. The molecule has 2 heterocycles. The molecule has 0 bridgehead atoms. The quantitative estimate of drug-likeness (QED) is 0.918. The van der Waals surface area contributed by atoms with Gasteiger partial charge in [-0.05, 0) is 56.9 Å².